The molecule has 0 aliphatic rings. The molecule has 29 heavy (non-hydrogen) atoms. The Kier molecular flexibility index (Phi) is 6.46. The van der Waals surface area contributed by atoms with Gasteiger partial charge >= 0.3 is 0 Å². The number of rotatable bonds is 4. The fourth-order valence-corrected chi connectivity index (χ4v) is 3.69. The second kappa shape index (κ2) is 8.85. The smallest absolute Gasteiger partial charge is 0.266 e. The van der Waals surface area contributed by atoms with Crippen molar-refractivity contribution in [1.29, 1.82) is 5.26 Å². The van der Waals surface area contributed by atoms with Gasteiger partial charge in [0, 0.05) is 31.4 Å². The molecule has 0 fully saturated rings. The van der Waals surface area contributed by atoms with E-state index in [0.717, 1.165) is 31.8 Å². The Morgan fingerprint density at radius 1 is 1.17 bits per heavy atom. The van der Waals surface area contributed by atoms with Crippen LogP contribution in [0.25, 0.3) is 11.8 Å². The van der Waals surface area contributed by atoms with Crippen molar-refractivity contribution < 1.29 is 4.79 Å². The van der Waals surface area contributed by atoms with Gasteiger partial charge in [-0.2, -0.15) is 5.26 Å². The second-order valence-corrected chi connectivity index (χ2v) is 8.33. The van der Waals surface area contributed by atoms with Crippen molar-refractivity contribution >= 4 is 51.9 Å². The zero-order valence-corrected chi connectivity index (χ0v) is 19.2. The highest BCUT2D eigenvalue weighted by atomic mass is 127. The van der Waals surface area contributed by atoms with Crippen molar-refractivity contribution in [3.05, 3.63) is 85.2 Å². The first-order chi connectivity index (χ1) is 13.8. The molecule has 3 rings (SSSR count). The van der Waals surface area contributed by atoms with E-state index in [-0.39, 0.29) is 5.57 Å². The number of hydrogen-bond donors (Lipinski definition) is 1. The van der Waals surface area contributed by atoms with Gasteiger partial charge in [0.1, 0.15) is 11.6 Å². The van der Waals surface area contributed by atoms with Crippen LogP contribution in [0.2, 0.25) is 5.02 Å². The van der Waals surface area contributed by atoms with Crippen molar-refractivity contribution in [3.63, 3.8) is 0 Å². The summed E-state index contributed by atoms with van der Waals surface area (Å²) >= 11 is 8.39. The fraction of sp³-hybridized carbons (Fsp3) is 0.130. The molecule has 0 aliphatic carbocycles. The zero-order valence-electron chi connectivity index (χ0n) is 16.3. The highest BCUT2D eigenvalue weighted by Crippen LogP contribution is 2.25. The van der Waals surface area contributed by atoms with Crippen LogP contribution in [0.5, 0.6) is 0 Å². The van der Waals surface area contributed by atoms with Gasteiger partial charge < -0.3 is 9.88 Å². The maximum Gasteiger partial charge on any atom is 0.266 e. The molecule has 0 saturated carbocycles. The summed E-state index contributed by atoms with van der Waals surface area (Å²) in [5.41, 5.74) is 5.24. The fourth-order valence-electron chi connectivity index (χ4n) is 3.16. The summed E-state index contributed by atoms with van der Waals surface area (Å²) in [5.74, 6) is -0.461. The van der Waals surface area contributed by atoms with Crippen LogP contribution in [0, 0.1) is 35.7 Å². The molecule has 0 bridgehead atoms. The molecule has 1 amide bonds. The van der Waals surface area contributed by atoms with Crippen LogP contribution in [0.4, 0.5) is 5.69 Å². The van der Waals surface area contributed by atoms with E-state index >= 15 is 0 Å². The van der Waals surface area contributed by atoms with Gasteiger partial charge in [-0.3, -0.25) is 4.79 Å². The Hall–Kier alpha value is -2.56. The molecule has 146 valence electrons. The van der Waals surface area contributed by atoms with Gasteiger partial charge in [-0.15, -0.1) is 0 Å². The third-order valence-electron chi connectivity index (χ3n) is 4.74. The summed E-state index contributed by atoms with van der Waals surface area (Å²) in [7, 11) is 0. The van der Waals surface area contributed by atoms with Gasteiger partial charge in [-0.05, 0) is 103 Å². The molecule has 1 aromatic heterocycles. The number of aryl methyl sites for hydroxylation is 1. The van der Waals surface area contributed by atoms with Crippen LogP contribution in [0.3, 0.4) is 0 Å². The van der Waals surface area contributed by atoms with Gasteiger partial charge in [0.25, 0.3) is 5.91 Å². The number of amides is 1. The number of carbonyl (C=O) groups excluding carboxylic acids is 1. The molecule has 2 aromatic carbocycles. The van der Waals surface area contributed by atoms with Crippen LogP contribution in [0.1, 0.15) is 22.5 Å². The van der Waals surface area contributed by atoms with Gasteiger partial charge in [-0.1, -0.05) is 17.7 Å². The van der Waals surface area contributed by atoms with E-state index in [4.69, 9.17) is 11.6 Å². The molecule has 6 heteroatoms. The lowest BCUT2D eigenvalue weighted by Crippen LogP contribution is -2.14. The number of aromatic nitrogens is 1. The number of nitriles is 1. The summed E-state index contributed by atoms with van der Waals surface area (Å²) in [6, 6.07) is 17.5. The number of benzene rings is 2. The Balaban J connectivity index is 1.94. The van der Waals surface area contributed by atoms with E-state index in [9.17, 15) is 10.1 Å². The third-order valence-corrected chi connectivity index (χ3v) is 5.86. The topological polar surface area (TPSA) is 57.8 Å². The van der Waals surface area contributed by atoms with E-state index in [0.29, 0.717) is 10.7 Å². The van der Waals surface area contributed by atoms with Gasteiger partial charge in [0.05, 0.1) is 0 Å². The van der Waals surface area contributed by atoms with Crippen molar-refractivity contribution in [2.75, 3.05) is 5.32 Å². The quantitative estimate of drug-likeness (QED) is 0.255. The van der Waals surface area contributed by atoms with E-state index in [2.05, 4.69) is 44.6 Å². The molecular formula is C23H19ClIN3O. The first-order valence-electron chi connectivity index (χ1n) is 8.95. The first kappa shape index (κ1) is 21.2. The minimum atomic E-state index is -0.461. The van der Waals surface area contributed by atoms with Crippen LogP contribution < -0.4 is 5.32 Å². The zero-order chi connectivity index (χ0) is 21.1. The van der Waals surface area contributed by atoms with Crippen LogP contribution in [-0.4, -0.2) is 10.5 Å². The standard InChI is InChI=1S/C23H19ClIN3O/c1-14-11-17(16(3)28(14)20-9-7-19(25)8-10-20)12-18(13-26)23(29)27-22-6-4-5-21(24)15(22)2/h4-12H,1-3H3,(H,27,29)/b18-12+. The summed E-state index contributed by atoms with van der Waals surface area (Å²) in [6.45, 7) is 5.80. The van der Waals surface area contributed by atoms with Gasteiger partial charge in [-0.25, -0.2) is 0 Å². The molecule has 0 spiro atoms. The Morgan fingerprint density at radius 3 is 2.52 bits per heavy atom. The van der Waals surface area contributed by atoms with Crippen molar-refractivity contribution in [1.82, 2.24) is 4.57 Å². The highest BCUT2D eigenvalue weighted by Gasteiger charge is 2.15. The van der Waals surface area contributed by atoms with E-state index in [1.165, 1.54) is 0 Å². The van der Waals surface area contributed by atoms with E-state index in [1.54, 1.807) is 24.3 Å². The summed E-state index contributed by atoms with van der Waals surface area (Å²) in [5, 5.41) is 12.9. The molecule has 0 aliphatic heterocycles. The summed E-state index contributed by atoms with van der Waals surface area (Å²) < 4.78 is 3.27. The highest BCUT2D eigenvalue weighted by molar-refractivity contribution is 14.1. The number of nitrogens with one attached hydrogen (secondary N) is 1. The SMILES string of the molecule is Cc1c(Cl)cccc1NC(=O)/C(C#N)=C/c1cc(C)n(-c2ccc(I)cc2)c1C. The minimum Gasteiger partial charge on any atom is -0.321 e. The molecule has 0 atom stereocenters. The maximum absolute atomic E-state index is 12.7. The van der Waals surface area contributed by atoms with Gasteiger partial charge in [0.2, 0.25) is 0 Å². The largest absolute Gasteiger partial charge is 0.321 e. The maximum atomic E-state index is 12.7. The van der Waals surface area contributed by atoms with Crippen molar-refractivity contribution in [3.8, 4) is 11.8 Å². The van der Waals surface area contributed by atoms with Crippen LogP contribution in [0.15, 0.2) is 54.1 Å². The van der Waals surface area contributed by atoms with Gasteiger partial charge in [0.15, 0.2) is 0 Å². The van der Waals surface area contributed by atoms with Crippen LogP contribution >= 0.6 is 34.2 Å². The Labute approximate surface area is 188 Å². The van der Waals surface area contributed by atoms with Crippen molar-refractivity contribution in [2.45, 2.75) is 20.8 Å². The minimum absolute atomic E-state index is 0.0345. The molecule has 1 N–H and O–H groups in total. The molecule has 4 nitrogen and oxygen atoms in total. The molecular weight excluding hydrogens is 497 g/mol. The van der Waals surface area contributed by atoms with Crippen LogP contribution in [-0.2, 0) is 4.79 Å². The lowest BCUT2D eigenvalue weighted by atomic mass is 10.1. The molecule has 3 aromatic rings. The second-order valence-electron chi connectivity index (χ2n) is 6.67. The number of anilines is 1. The average molecular weight is 516 g/mol. The monoisotopic (exact) mass is 515 g/mol. The predicted molar refractivity (Wildman–Crippen MR) is 126 cm³/mol. The molecule has 0 radical (unpaired) electrons. The predicted octanol–water partition coefficient (Wildman–Crippen LogP) is 6.21. The Morgan fingerprint density at radius 2 is 1.86 bits per heavy atom. The normalized spacial score (nSPS) is 11.2. The first-order valence-corrected chi connectivity index (χ1v) is 10.4. The number of halogens is 2. The number of hydrogen-bond acceptors (Lipinski definition) is 2. The lowest BCUT2D eigenvalue weighted by Gasteiger charge is -2.10. The lowest BCUT2D eigenvalue weighted by molar-refractivity contribution is -0.112. The van der Waals surface area contributed by atoms with E-state index in [1.807, 2.05) is 45.0 Å². The molecule has 0 unspecified atom stereocenters. The van der Waals surface area contributed by atoms with Crippen molar-refractivity contribution in [2.24, 2.45) is 0 Å². The summed E-state index contributed by atoms with van der Waals surface area (Å²) in [6.07, 6.45) is 1.63. The van der Waals surface area contributed by atoms with E-state index < -0.39 is 5.91 Å². The number of carbonyl (C=O) groups is 1. The third kappa shape index (κ3) is 4.55. The Bertz CT molecular complexity index is 1150. The molecule has 1 heterocycles. The number of nitrogens with zero attached hydrogens (tertiary/aromatic N) is 2. The average Bonchev–Trinajstić information content (AvgIpc) is 2.97. The summed E-state index contributed by atoms with van der Waals surface area (Å²) in [4.78, 5) is 12.7. The molecule has 0 saturated heterocycles.